The first-order valence-electron chi connectivity index (χ1n) is 9.11. The molecule has 1 aliphatic rings. The highest BCUT2D eigenvalue weighted by atomic mass is 127. The standard InChI is InChI=1S/C19H31N5O.HI/c1-4-21-19(22-10-13-25-18-6-5-9-20-14-18)23-17-7-11-24(12-8-17)15-16(2)3;/h5-6,9,14,17H,2,4,7-8,10-13,15H2,1,3H3,(H2,21,22,23);1H. The number of nitrogens with one attached hydrogen (secondary N) is 2. The Morgan fingerprint density at radius 2 is 2.19 bits per heavy atom. The first kappa shape index (κ1) is 22.7. The van der Waals surface area contributed by atoms with Gasteiger partial charge in [0.2, 0.25) is 0 Å². The normalized spacial score (nSPS) is 15.8. The zero-order chi connectivity index (χ0) is 17.9. The van der Waals surface area contributed by atoms with Crippen molar-refractivity contribution in [1.29, 1.82) is 0 Å². The molecule has 1 fully saturated rings. The van der Waals surface area contributed by atoms with E-state index in [4.69, 9.17) is 4.74 Å². The number of aromatic nitrogens is 1. The van der Waals surface area contributed by atoms with Crippen LogP contribution in [0.2, 0.25) is 0 Å². The predicted molar refractivity (Wildman–Crippen MR) is 119 cm³/mol. The van der Waals surface area contributed by atoms with Crippen LogP contribution in [0.1, 0.15) is 26.7 Å². The van der Waals surface area contributed by atoms with Crippen molar-refractivity contribution in [2.45, 2.75) is 32.7 Å². The zero-order valence-corrected chi connectivity index (χ0v) is 18.2. The summed E-state index contributed by atoms with van der Waals surface area (Å²) in [5.74, 6) is 1.65. The lowest BCUT2D eigenvalue weighted by Crippen LogP contribution is -2.49. The number of ether oxygens (including phenoxy) is 1. The van der Waals surface area contributed by atoms with Gasteiger partial charge in [-0.2, -0.15) is 0 Å². The van der Waals surface area contributed by atoms with Crippen molar-refractivity contribution in [2.24, 2.45) is 4.99 Å². The number of hydrogen-bond acceptors (Lipinski definition) is 4. The molecule has 0 atom stereocenters. The number of nitrogens with zero attached hydrogens (tertiary/aromatic N) is 3. The van der Waals surface area contributed by atoms with Gasteiger partial charge in [0.05, 0.1) is 12.7 Å². The van der Waals surface area contributed by atoms with Crippen LogP contribution < -0.4 is 15.4 Å². The second-order valence-electron chi connectivity index (χ2n) is 6.45. The van der Waals surface area contributed by atoms with E-state index in [0.29, 0.717) is 19.2 Å². The highest BCUT2D eigenvalue weighted by Gasteiger charge is 2.19. The third-order valence-corrected chi connectivity index (χ3v) is 4.03. The van der Waals surface area contributed by atoms with Crippen LogP contribution in [-0.2, 0) is 0 Å². The van der Waals surface area contributed by atoms with Crippen LogP contribution in [0.15, 0.2) is 41.7 Å². The fourth-order valence-electron chi connectivity index (χ4n) is 2.88. The number of piperidine rings is 1. The number of aliphatic imine (C=N–C) groups is 1. The fraction of sp³-hybridized carbons (Fsp3) is 0.579. The quantitative estimate of drug-likeness (QED) is 0.200. The number of rotatable bonds is 8. The van der Waals surface area contributed by atoms with Gasteiger partial charge in [-0.05, 0) is 38.8 Å². The van der Waals surface area contributed by atoms with Gasteiger partial charge in [-0.15, -0.1) is 24.0 Å². The number of halogens is 1. The lowest BCUT2D eigenvalue weighted by Gasteiger charge is -2.33. The summed E-state index contributed by atoms with van der Waals surface area (Å²) >= 11 is 0. The van der Waals surface area contributed by atoms with Crippen molar-refractivity contribution >= 4 is 29.9 Å². The molecule has 0 bridgehead atoms. The summed E-state index contributed by atoms with van der Waals surface area (Å²) in [6, 6.07) is 4.24. The van der Waals surface area contributed by atoms with Gasteiger partial charge in [0, 0.05) is 38.4 Å². The zero-order valence-electron chi connectivity index (χ0n) is 15.9. The largest absolute Gasteiger partial charge is 0.490 e. The van der Waals surface area contributed by atoms with E-state index in [0.717, 1.165) is 50.7 Å². The van der Waals surface area contributed by atoms with Crippen LogP contribution in [-0.4, -0.2) is 61.2 Å². The SMILES string of the molecule is C=C(C)CN1CCC(NC(=NCCOc2cccnc2)NCC)CC1.I. The highest BCUT2D eigenvalue weighted by Crippen LogP contribution is 2.11. The van der Waals surface area contributed by atoms with Gasteiger partial charge in [-0.3, -0.25) is 9.88 Å². The van der Waals surface area contributed by atoms with Gasteiger partial charge in [0.25, 0.3) is 0 Å². The molecule has 2 N–H and O–H groups in total. The molecule has 0 spiro atoms. The van der Waals surface area contributed by atoms with Crippen molar-refractivity contribution < 1.29 is 4.74 Å². The van der Waals surface area contributed by atoms with Crippen molar-refractivity contribution in [3.63, 3.8) is 0 Å². The topological polar surface area (TPSA) is 61.8 Å². The lowest BCUT2D eigenvalue weighted by molar-refractivity contribution is 0.221. The van der Waals surface area contributed by atoms with Crippen LogP contribution in [0.3, 0.4) is 0 Å². The Balaban J connectivity index is 0.00000338. The molecule has 2 heterocycles. The third-order valence-electron chi connectivity index (χ3n) is 4.03. The van der Waals surface area contributed by atoms with Crippen LogP contribution in [0.25, 0.3) is 0 Å². The summed E-state index contributed by atoms with van der Waals surface area (Å²) in [6.07, 6.45) is 5.71. The first-order chi connectivity index (χ1) is 12.2. The molecule has 1 aromatic rings. The van der Waals surface area contributed by atoms with E-state index in [2.05, 4.69) is 45.9 Å². The molecule has 0 radical (unpaired) electrons. The fourth-order valence-corrected chi connectivity index (χ4v) is 2.88. The van der Waals surface area contributed by atoms with Gasteiger partial charge in [-0.1, -0.05) is 12.2 Å². The van der Waals surface area contributed by atoms with E-state index in [-0.39, 0.29) is 24.0 Å². The average Bonchev–Trinajstić information content (AvgIpc) is 2.61. The van der Waals surface area contributed by atoms with Crippen LogP contribution in [0.4, 0.5) is 0 Å². The van der Waals surface area contributed by atoms with Crippen LogP contribution in [0.5, 0.6) is 5.75 Å². The molecule has 0 aromatic carbocycles. The number of likely N-dealkylation sites (tertiary alicyclic amines) is 1. The molecule has 7 heteroatoms. The maximum absolute atomic E-state index is 5.64. The maximum atomic E-state index is 5.64. The highest BCUT2D eigenvalue weighted by molar-refractivity contribution is 14.0. The molecule has 26 heavy (non-hydrogen) atoms. The summed E-state index contributed by atoms with van der Waals surface area (Å²) in [5, 5.41) is 6.87. The third kappa shape index (κ3) is 8.84. The first-order valence-corrected chi connectivity index (χ1v) is 9.11. The van der Waals surface area contributed by atoms with Gasteiger partial charge in [0.1, 0.15) is 12.4 Å². The van der Waals surface area contributed by atoms with E-state index in [1.165, 1.54) is 5.57 Å². The summed E-state index contributed by atoms with van der Waals surface area (Å²) in [4.78, 5) is 11.1. The summed E-state index contributed by atoms with van der Waals surface area (Å²) in [5.41, 5.74) is 1.23. The minimum absolute atomic E-state index is 0. The molecule has 0 unspecified atom stereocenters. The number of pyridine rings is 1. The molecule has 0 aliphatic carbocycles. The van der Waals surface area contributed by atoms with E-state index < -0.39 is 0 Å². The van der Waals surface area contributed by atoms with E-state index >= 15 is 0 Å². The lowest BCUT2D eigenvalue weighted by atomic mass is 10.0. The molecule has 6 nitrogen and oxygen atoms in total. The Kier molecular flexibility index (Phi) is 11.3. The minimum atomic E-state index is 0. The van der Waals surface area contributed by atoms with Gasteiger partial charge >= 0.3 is 0 Å². The van der Waals surface area contributed by atoms with E-state index in [1.54, 1.807) is 12.4 Å². The van der Waals surface area contributed by atoms with E-state index in [1.807, 2.05) is 12.1 Å². The van der Waals surface area contributed by atoms with E-state index in [9.17, 15) is 0 Å². The summed E-state index contributed by atoms with van der Waals surface area (Å²) < 4.78 is 5.64. The molecule has 0 amide bonds. The number of hydrogen-bond donors (Lipinski definition) is 2. The maximum Gasteiger partial charge on any atom is 0.191 e. The Bertz CT molecular complexity index is 544. The molecular weight excluding hydrogens is 441 g/mol. The van der Waals surface area contributed by atoms with Crippen LogP contribution >= 0.6 is 24.0 Å². The van der Waals surface area contributed by atoms with Crippen molar-refractivity contribution in [2.75, 3.05) is 39.3 Å². The van der Waals surface area contributed by atoms with Gasteiger partial charge in [-0.25, -0.2) is 4.99 Å². The molecule has 146 valence electrons. The molecule has 1 aliphatic heterocycles. The molecular formula is C19H32IN5O. The van der Waals surface area contributed by atoms with Crippen molar-refractivity contribution in [1.82, 2.24) is 20.5 Å². The Hall–Kier alpha value is -1.35. The Labute approximate surface area is 174 Å². The van der Waals surface area contributed by atoms with Crippen molar-refractivity contribution in [3.05, 3.63) is 36.7 Å². The second-order valence-corrected chi connectivity index (χ2v) is 6.45. The molecule has 1 aromatic heterocycles. The smallest absolute Gasteiger partial charge is 0.191 e. The van der Waals surface area contributed by atoms with Crippen LogP contribution in [0, 0.1) is 0 Å². The Morgan fingerprint density at radius 1 is 1.42 bits per heavy atom. The van der Waals surface area contributed by atoms with Gasteiger partial charge in [0.15, 0.2) is 5.96 Å². The molecule has 1 saturated heterocycles. The average molecular weight is 473 g/mol. The Morgan fingerprint density at radius 3 is 2.81 bits per heavy atom. The van der Waals surface area contributed by atoms with Crippen molar-refractivity contribution in [3.8, 4) is 5.75 Å². The summed E-state index contributed by atoms with van der Waals surface area (Å²) in [6.45, 7) is 13.4. The minimum Gasteiger partial charge on any atom is -0.490 e. The summed E-state index contributed by atoms with van der Waals surface area (Å²) in [7, 11) is 0. The van der Waals surface area contributed by atoms with Gasteiger partial charge < -0.3 is 15.4 Å². The molecule has 0 saturated carbocycles. The monoisotopic (exact) mass is 473 g/mol. The second kappa shape index (κ2) is 12.9. The molecule has 2 rings (SSSR count). The predicted octanol–water partition coefficient (Wildman–Crippen LogP) is 2.67. The number of guanidine groups is 1.